The van der Waals surface area contributed by atoms with E-state index in [4.69, 9.17) is 4.74 Å². The first kappa shape index (κ1) is 16.7. The van der Waals surface area contributed by atoms with Gasteiger partial charge in [0.25, 0.3) is 0 Å². The Hall–Kier alpha value is -3.15. The number of hydrogen-bond donors (Lipinski definition) is 0. The molecule has 1 aromatic carbocycles. The maximum atomic E-state index is 13.3. The van der Waals surface area contributed by atoms with Crippen LogP contribution < -0.4 is 4.74 Å². The number of nitriles is 1. The summed E-state index contributed by atoms with van der Waals surface area (Å²) in [5.41, 5.74) is 0.358. The van der Waals surface area contributed by atoms with Gasteiger partial charge in [0.15, 0.2) is 5.69 Å². The van der Waals surface area contributed by atoms with Gasteiger partial charge in [0.05, 0.1) is 23.4 Å². The SMILES string of the molecule is CCOc1ccc(-c2cc3c(nnn3C)c(C#N)n2)cc1C(F)(F)F. The van der Waals surface area contributed by atoms with E-state index in [0.717, 1.165) is 6.07 Å². The molecule has 0 spiro atoms. The van der Waals surface area contributed by atoms with Crippen molar-refractivity contribution >= 4 is 11.0 Å². The van der Waals surface area contributed by atoms with Gasteiger partial charge in [-0.1, -0.05) is 5.21 Å². The van der Waals surface area contributed by atoms with Crippen molar-refractivity contribution in [3.05, 3.63) is 35.5 Å². The molecule has 0 saturated carbocycles. The molecular weight excluding hydrogens is 335 g/mol. The minimum Gasteiger partial charge on any atom is -0.493 e. The molecule has 0 amide bonds. The minimum atomic E-state index is -4.57. The number of aromatic nitrogens is 4. The monoisotopic (exact) mass is 347 g/mol. The smallest absolute Gasteiger partial charge is 0.419 e. The molecule has 9 heteroatoms. The van der Waals surface area contributed by atoms with Gasteiger partial charge in [-0.25, -0.2) is 9.67 Å². The molecule has 2 aromatic heterocycles. The molecule has 0 N–H and O–H groups in total. The van der Waals surface area contributed by atoms with E-state index in [9.17, 15) is 18.4 Å². The molecule has 0 fully saturated rings. The summed E-state index contributed by atoms with van der Waals surface area (Å²) in [4.78, 5) is 4.12. The lowest BCUT2D eigenvalue weighted by Gasteiger charge is -2.14. The summed E-state index contributed by atoms with van der Waals surface area (Å²) in [5, 5.41) is 16.9. The molecule has 0 bridgehead atoms. The number of alkyl halides is 3. The molecule has 3 rings (SSSR count). The highest BCUT2D eigenvalue weighted by Gasteiger charge is 2.35. The van der Waals surface area contributed by atoms with Gasteiger partial charge in [-0.2, -0.15) is 18.4 Å². The van der Waals surface area contributed by atoms with Gasteiger partial charge >= 0.3 is 6.18 Å². The van der Waals surface area contributed by atoms with Crippen LogP contribution in [0.25, 0.3) is 22.3 Å². The number of ether oxygens (including phenoxy) is 1. The average Bonchev–Trinajstić information content (AvgIpc) is 2.95. The number of hydrogen-bond acceptors (Lipinski definition) is 5. The molecule has 0 aliphatic rings. The van der Waals surface area contributed by atoms with E-state index in [1.165, 1.54) is 16.8 Å². The van der Waals surface area contributed by atoms with Crippen LogP contribution in [0.2, 0.25) is 0 Å². The minimum absolute atomic E-state index is 0.00282. The first-order valence-electron chi connectivity index (χ1n) is 7.30. The van der Waals surface area contributed by atoms with E-state index in [-0.39, 0.29) is 29.3 Å². The van der Waals surface area contributed by atoms with E-state index in [2.05, 4.69) is 15.3 Å². The molecular formula is C16H12F3N5O. The molecule has 3 aromatic rings. The van der Waals surface area contributed by atoms with Crippen LogP contribution in [0.4, 0.5) is 13.2 Å². The number of benzene rings is 1. The molecule has 25 heavy (non-hydrogen) atoms. The fraction of sp³-hybridized carbons (Fsp3) is 0.250. The van der Waals surface area contributed by atoms with Crippen molar-refractivity contribution in [3.8, 4) is 23.1 Å². The van der Waals surface area contributed by atoms with Crippen molar-refractivity contribution < 1.29 is 17.9 Å². The topological polar surface area (TPSA) is 76.6 Å². The van der Waals surface area contributed by atoms with Crippen molar-refractivity contribution in [2.45, 2.75) is 13.1 Å². The normalized spacial score (nSPS) is 11.5. The largest absolute Gasteiger partial charge is 0.493 e. The Kier molecular flexibility index (Phi) is 4.04. The predicted octanol–water partition coefficient (Wildman–Crippen LogP) is 3.32. The fourth-order valence-electron chi connectivity index (χ4n) is 2.45. The Morgan fingerprint density at radius 2 is 2.04 bits per heavy atom. The van der Waals surface area contributed by atoms with Crippen molar-refractivity contribution in [2.24, 2.45) is 7.05 Å². The second kappa shape index (κ2) is 6.05. The van der Waals surface area contributed by atoms with Crippen LogP contribution in [-0.2, 0) is 13.2 Å². The molecule has 2 heterocycles. The second-order valence-corrected chi connectivity index (χ2v) is 5.19. The summed E-state index contributed by atoms with van der Waals surface area (Å²) in [6, 6.07) is 7.13. The van der Waals surface area contributed by atoms with E-state index in [1.807, 2.05) is 6.07 Å². The Morgan fingerprint density at radius 3 is 2.68 bits per heavy atom. The highest BCUT2D eigenvalue weighted by atomic mass is 19.4. The maximum absolute atomic E-state index is 13.3. The lowest BCUT2D eigenvalue weighted by molar-refractivity contribution is -0.138. The van der Waals surface area contributed by atoms with Crippen molar-refractivity contribution in [1.82, 2.24) is 20.0 Å². The maximum Gasteiger partial charge on any atom is 0.419 e. The predicted molar refractivity (Wildman–Crippen MR) is 82.6 cm³/mol. The van der Waals surface area contributed by atoms with Crippen LogP contribution in [-0.4, -0.2) is 26.6 Å². The molecule has 0 saturated heterocycles. The second-order valence-electron chi connectivity index (χ2n) is 5.19. The number of nitrogens with zero attached hydrogens (tertiary/aromatic N) is 5. The first-order valence-corrected chi connectivity index (χ1v) is 7.30. The van der Waals surface area contributed by atoms with Gasteiger partial charge in [-0.05, 0) is 31.2 Å². The number of fused-ring (bicyclic) bond motifs is 1. The molecule has 0 radical (unpaired) electrons. The van der Waals surface area contributed by atoms with Crippen LogP contribution in [0.5, 0.6) is 5.75 Å². The first-order chi connectivity index (χ1) is 11.8. The van der Waals surface area contributed by atoms with Crippen molar-refractivity contribution in [1.29, 1.82) is 5.26 Å². The number of halogens is 3. The Bertz CT molecular complexity index is 988. The number of rotatable bonds is 3. The zero-order chi connectivity index (χ0) is 18.2. The van der Waals surface area contributed by atoms with Crippen molar-refractivity contribution in [3.63, 3.8) is 0 Å². The van der Waals surface area contributed by atoms with E-state index >= 15 is 0 Å². The third kappa shape index (κ3) is 2.98. The van der Waals surface area contributed by atoms with Gasteiger partial charge in [0.2, 0.25) is 0 Å². The highest BCUT2D eigenvalue weighted by molar-refractivity contribution is 5.83. The van der Waals surface area contributed by atoms with Crippen LogP contribution in [0.3, 0.4) is 0 Å². The summed E-state index contributed by atoms with van der Waals surface area (Å²) in [6.07, 6.45) is -4.57. The Labute approximate surface area is 140 Å². The molecule has 128 valence electrons. The Balaban J connectivity index is 2.21. The van der Waals surface area contributed by atoms with E-state index in [0.29, 0.717) is 11.0 Å². The quantitative estimate of drug-likeness (QED) is 0.726. The lowest BCUT2D eigenvalue weighted by atomic mass is 10.1. The standard InChI is InChI=1S/C16H12F3N5O/c1-3-25-14-5-4-9(6-10(14)16(17,18)19)11-7-13-15(12(8-20)21-11)22-23-24(13)2/h4-7H,3H2,1-2H3. The summed E-state index contributed by atoms with van der Waals surface area (Å²) in [7, 11) is 1.62. The van der Waals surface area contributed by atoms with E-state index < -0.39 is 11.7 Å². The average molecular weight is 347 g/mol. The Morgan fingerprint density at radius 1 is 1.28 bits per heavy atom. The molecule has 6 nitrogen and oxygen atoms in total. The summed E-state index contributed by atoms with van der Waals surface area (Å²) in [6.45, 7) is 1.73. The number of aryl methyl sites for hydroxylation is 1. The summed E-state index contributed by atoms with van der Waals surface area (Å²) >= 11 is 0. The molecule has 0 atom stereocenters. The zero-order valence-corrected chi connectivity index (χ0v) is 13.3. The summed E-state index contributed by atoms with van der Waals surface area (Å²) in [5.74, 6) is -0.248. The van der Waals surface area contributed by atoms with Gasteiger partial charge in [-0.3, -0.25) is 0 Å². The van der Waals surface area contributed by atoms with Gasteiger partial charge in [-0.15, -0.1) is 5.10 Å². The van der Waals surface area contributed by atoms with Gasteiger partial charge in [0.1, 0.15) is 17.3 Å². The third-order valence-electron chi connectivity index (χ3n) is 3.59. The van der Waals surface area contributed by atoms with Gasteiger partial charge in [0, 0.05) is 12.6 Å². The van der Waals surface area contributed by atoms with Gasteiger partial charge < -0.3 is 4.74 Å². The number of pyridine rings is 1. The van der Waals surface area contributed by atoms with Crippen LogP contribution in [0.15, 0.2) is 24.3 Å². The molecule has 0 aliphatic carbocycles. The van der Waals surface area contributed by atoms with Crippen LogP contribution in [0, 0.1) is 11.3 Å². The van der Waals surface area contributed by atoms with E-state index in [1.54, 1.807) is 20.0 Å². The lowest BCUT2D eigenvalue weighted by Crippen LogP contribution is -2.09. The summed E-state index contributed by atoms with van der Waals surface area (Å²) < 4.78 is 46.4. The molecule has 0 unspecified atom stereocenters. The molecule has 0 aliphatic heterocycles. The van der Waals surface area contributed by atoms with Crippen LogP contribution >= 0.6 is 0 Å². The van der Waals surface area contributed by atoms with Crippen molar-refractivity contribution in [2.75, 3.05) is 6.61 Å². The third-order valence-corrected chi connectivity index (χ3v) is 3.59. The van der Waals surface area contributed by atoms with Crippen LogP contribution in [0.1, 0.15) is 18.2 Å². The fourth-order valence-corrected chi connectivity index (χ4v) is 2.45. The zero-order valence-electron chi connectivity index (χ0n) is 13.3. The highest BCUT2D eigenvalue weighted by Crippen LogP contribution is 2.38.